The standard InChI is InChI=1S/C26H35N3O2/c1-2-3-4-9-14-25(30)28-22-15-16-24(29-17-10-6-11-18-29)23(19-22)26(31)27-20-21-12-7-5-8-13-21/h5,7-8,12-13,15-16,19H,2-4,6,9-11,14,17-18,20H2,1H3,(H,27,31)(H,28,30). The van der Waals surface area contributed by atoms with Crippen molar-refractivity contribution in [2.75, 3.05) is 23.3 Å². The lowest BCUT2D eigenvalue weighted by atomic mass is 10.1. The van der Waals surface area contributed by atoms with Crippen LogP contribution in [0.25, 0.3) is 0 Å². The number of nitrogens with zero attached hydrogens (tertiary/aromatic N) is 1. The van der Waals surface area contributed by atoms with Crippen LogP contribution in [-0.4, -0.2) is 24.9 Å². The Morgan fingerprint density at radius 2 is 1.71 bits per heavy atom. The molecule has 0 atom stereocenters. The van der Waals surface area contributed by atoms with Gasteiger partial charge in [0.2, 0.25) is 5.91 Å². The van der Waals surface area contributed by atoms with E-state index in [0.29, 0.717) is 24.2 Å². The summed E-state index contributed by atoms with van der Waals surface area (Å²) < 4.78 is 0. The van der Waals surface area contributed by atoms with Crippen LogP contribution in [-0.2, 0) is 11.3 Å². The van der Waals surface area contributed by atoms with Crippen molar-refractivity contribution in [1.29, 1.82) is 0 Å². The van der Waals surface area contributed by atoms with Gasteiger partial charge in [-0.15, -0.1) is 0 Å². The van der Waals surface area contributed by atoms with Crippen molar-refractivity contribution in [3.05, 3.63) is 59.7 Å². The van der Waals surface area contributed by atoms with Gasteiger partial charge in [-0.05, 0) is 49.4 Å². The normalized spacial score (nSPS) is 13.6. The Labute approximate surface area is 186 Å². The van der Waals surface area contributed by atoms with Crippen molar-refractivity contribution >= 4 is 23.2 Å². The molecule has 0 aliphatic carbocycles. The minimum atomic E-state index is -0.108. The summed E-state index contributed by atoms with van der Waals surface area (Å²) in [6.45, 7) is 4.56. The highest BCUT2D eigenvalue weighted by Gasteiger charge is 2.19. The first kappa shape index (κ1) is 22.9. The molecule has 2 amide bonds. The number of anilines is 2. The number of nitrogens with one attached hydrogen (secondary N) is 2. The van der Waals surface area contributed by atoms with Crippen molar-refractivity contribution in [3.63, 3.8) is 0 Å². The molecule has 1 fully saturated rings. The molecule has 5 heteroatoms. The molecular formula is C26H35N3O2. The van der Waals surface area contributed by atoms with E-state index < -0.39 is 0 Å². The van der Waals surface area contributed by atoms with E-state index in [1.54, 1.807) is 0 Å². The lowest BCUT2D eigenvalue weighted by Crippen LogP contribution is -2.32. The molecule has 1 aliphatic rings. The highest BCUT2D eigenvalue weighted by molar-refractivity contribution is 6.02. The second-order valence-corrected chi connectivity index (χ2v) is 8.31. The number of unbranched alkanes of at least 4 members (excludes halogenated alkanes) is 3. The SMILES string of the molecule is CCCCCCC(=O)Nc1ccc(N2CCCCC2)c(C(=O)NCc2ccccc2)c1. The van der Waals surface area contributed by atoms with Gasteiger partial charge in [0.25, 0.3) is 5.91 Å². The smallest absolute Gasteiger partial charge is 0.253 e. The highest BCUT2D eigenvalue weighted by Crippen LogP contribution is 2.27. The van der Waals surface area contributed by atoms with E-state index in [1.807, 2.05) is 48.5 Å². The Morgan fingerprint density at radius 3 is 2.45 bits per heavy atom. The van der Waals surface area contributed by atoms with Crippen molar-refractivity contribution < 1.29 is 9.59 Å². The molecule has 3 rings (SSSR count). The number of hydrogen-bond acceptors (Lipinski definition) is 3. The van der Waals surface area contributed by atoms with Crippen molar-refractivity contribution in [3.8, 4) is 0 Å². The largest absolute Gasteiger partial charge is 0.371 e. The minimum Gasteiger partial charge on any atom is -0.371 e. The average Bonchev–Trinajstić information content (AvgIpc) is 2.81. The van der Waals surface area contributed by atoms with Gasteiger partial charge in [0.1, 0.15) is 0 Å². The number of amides is 2. The molecule has 31 heavy (non-hydrogen) atoms. The van der Waals surface area contributed by atoms with Gasteiger partial charge in [0.15, 0.2) is 0 Å². The molecule has 0 radical (unpaired) electrons. The average molecular weight is 422 g/mol. The second kappa shape index (κ2) is 12.1. The molecule has 2 aromatic carbocycles. The monoisotopic (exact) mass is 421 g/mol. The van der Waals surface area contributed by atoms with Crippen LogP contribution < -0.4 is 15.5 Å². The fourth-order valence-electron chi connectivity index (χ4n) is 4.02. The van der Waals surface area contributed by atoms with Gasteiger partial charge in [0.05, 0.1) is 5.56 Å². The van der Waals surface area contributed by atoms with Crippen LogP contribution in [0.3, 0.4) is 0 Å². The van der Waals surface area contributed by atoms with Crippen LogP contribution in [0.15, 0.2) is 48.5 Å². The topological polar surface area (TPSA) is 61.4 Å². The summed E-state index contributed by atoms with van der Waals surface area (Å²) in [4.78, 5) is 27.7. The molecule has 0 spiro atoms. The van der Waals surface area contributed by atoms with Crippen LogP contribution in [0.4, 0.5) is 11.4 Å². The molecule has 0 aromatic heterocycles. The molecule has 0 bridgehead atoms. The minimum absolute atomic E-state index is 0.0115. The van der Waals surface area contributed by atoms with Crippen LogP contribution in [0.2, 0.25) is 0 Å². The molecule has 0 saturated carbocycles. The van der Waals surface area contributed by atoms with Gasteiger partial charge >= 0.3 is 0 Å². The lowest BCUT2D eigenvalue weighted by molar-refractivity contribution is -0.116. The van der Waals surface area contributed by atoms with Gasteiger partial charge in [-0.2, -0.15) is 0 Å². The Hall–Kier alpha value is -2.82. The molecule has 1 aliphatic heterocycles. The third-order valence-electron chi connectivity index (χ3n) is 5.77. The molecular weight excluding hydrogens is 386 g/mol. The molecule has 2 N–H and O–H groups in total. The fourth-order valence-corrected chi connectivity index (χ4v) is 4.02. The highest BCUT2D eigenvalue weighted by atomic mass is 16.2. The Bertz CT molecular complexity index is 845. The van der Waals surface area contributed by atoms with E-state index in [0.717, 1.165) is 62.9 Å². The molecule has 166 valence electrons. The van der Waals surface area contributed by atoms with Crippen molar-refractivity contribution in [1.82, 2.24) is 5.32 Å². The molecule has 2 aromatic rings. The van der Waals surface area contributed by atoms with Gasteiger partial charge in [0, 0.05) is 37.4 Å². The van der Waals surface area contributed by atoms with Crippen LogP contribution in [0.1, 0.15) is 74.2 Å². The molecule has 5 nitrogen and oxygen atoms in total. The summed E-state index contributed by atoms with van der Waals surface area (Å²) in [5.74, 6) is -0.0964. The second-order valence-electron chi connectivity index (χ2n) is 8.31. The van der Waals surface area contributed by atoms with Gasteiger partial charge in [-0.25, -0.2) is 0 Å². The summed E-state index contributed by atoms with van der Waals surface area (Å²) in [6, 6.07) is 15.6. The van der Waals surface area contributed by atoms with Gasteiger partial charge in [-0.3, -0.25) is 9.59 Å². The lowest BCUT2D eigenvalue weighted by Gasteiger charge is -2.30. The Kier molecular flexibility index (Phi) is 8.95. The number of carbonyl (C=O) groups is 2. The van der Waals surface area contributed by atoms with E-state index in [2.05, 4.69) is 22.5 Å². The third-order valence-corrected chi connectivity index (χ3v) is 5.77. The van der Waals surface area contributed by atoms with Crippen molar-refractivity contribution in [2.24, 2.45) is 0 Å². The van der Waals surface area contributed by atoms with Gasteiger partial charge in [-0.1, -0.05) is 56.5 Å². The first-order valence-electron chi connectivity index (χ1n) is 11.7. The number of rotatable bonds is 10. The summed E-state index contributed by atoms with van der Waals surface area (Å²) in [6.07, 6.45) is 8.32. The quantitative estimate of drug-likeness (QED) is 0.497. The summed E-state index contributed by atoms with van der Waals surface area (Å²) >= 11 is 0. The number of carbonyl (C=O) groups excluding carboxylic acids is 2. The number of hydrogen-bond donors (Lipinski definition) is 2. The van der Waals surface area contributed by atoms with E-state index in [-0.39, 0.29) is 11.8 Å². The predicted octanol–water partition coefficient (Wildman–Crippen LogP) is 5.52. The van der Waals surface area contributed by atoms with E-state index in [4.69, 9.17) is 0 Å². The van der Waals surface area contributed by atoms with Crippen LogP contribution >= 0.6 is 0 Å². The number of benzene rings is 2. The van der Waals surface area contributed by atoms with Gasteiger partial charge < -0.3 is 15.5 Å². The third kappa shape index (κ3) is 7.12. The summed E-state index contributed by atoms with van der Waals surface area (Å²) in [7, 11) is 0. The fraction of sp³-hybridized carbons (Fsp3) is 0.462. The summed E-state index contributed by atoms with van der Waals surface area (Å²) in [5, 5.41) is 6.03. The van der Waals surface area contributed by atoms with Crippen molar-refractivity contribution in [2.45, 2.75) is 64.8 Å². The first-order chi connectivity index (χ1) is 15.2. The Morgan fingerprint density at radius 1 is 0.935 bits per heavy atom. The zero-order valence-corrected chi connectivity index (χ0v) is 18.7. The molecule has 1 heterocycles. The zero-order chi connectivity index (χ0) is 21.9. The number of piperidine rings is 1. The Balaban J connectivity index is 1.71. The predicted molar refractivity (Wildman–Crippen MR) is 128 cm³/mol. The van der Waals surface area contributed by atoms with E-state index in [1.165, 1.54) is 6.42 Å². The van der Waals surface area contributed by atoms with E-state index in [9.17, 15) is 9.59 Å². The zero-order valence-electron chi connectivity index (χ0n) is 18.7. The molecule has 1 saturated heterocycles. The maximum Gasteiger partial charge on any atom is 0.253 e. The summed E-state index contributed by atoms with van der Waals surface area (Å²) in [5.41, 5.74) is 3.32. The molecule has 0 unspecified atom stereocenters. The maximum absolute atomic E-state index is 13.1. The maximum atomic E-state index is 13.1. The van der Waals surface area contributed by atoms with Crippen LogP contribution in [0, 0.1) is 0 Å². The van der Waals surface area contributed by atoms with Crippen LogP contribution in [0.5, 0.6) is 0 Å². The first-order valence-corrected chi connectivity index (χ1v) is 11.7. The van der Waals surface area contributed by atoms with E-state index >= 15 is 0 Å².